The normalized spacial score (nSPS) is 18.5. The Morgan fingerprint density at radius 1 is 1.29 bits per heavy atom. The molecule has 0 amide bonds. The first kappa shape index (κ1) is 9.69. The molecule has 0 aliphatic carbocycles. The van der Waals surface area contributed by atoms with Crippen molar-refractivity contribution in [1.82, 2.24) is 9.80 Å². The lowest BCUT2D eigenvalue weighted by Crippen LogP contribution is -2.56. The van der Waals surface area contributed by atoms with Gasteiger partial charge in [-0.15, -0.1) is 0 Å². The summed E-state index contributed by atoms with van der Waals surface area (Å²) in [6.07, 6.45) is 0. The van der Waals surface area contributed by atoms with Gasteiger partial charge in [0.1, 0.15) is 0 Å². The van der Waals surface area contributed by atoms with Crippen LogP contribution < -0.4 is 0 Å². The molecule has 1 aromatic rings. The molecule has 2 rings (SSSR count). The van der Waals surface area contributed by atoms with Gasteiger partial charge in [0, 0.05) is 25.7 Å². The molecule has 0 saturated carbocycles. The van der Waals surface area contributed by atoms with Gasteiger partial charge in [0.05, 0.1) is 0 Å². The average molecular weight is 190 g/mol. The summed E-state index contributed by atoms with van der Waals surface area (Å²) in [4.78, 5) is 4.79. The van der Waals surface area contributed by atoms with Crippen LogP contribution in [-0.2, 0) is 6.54 Å². The van der Waals surface area contributed by atoms with Gasteiger partial charge in [0.15, 0.2) is 0 Å². The standard InChI is InChI=1S/C12H18N2/c1-13-9-12(10-13)14(2)8-11-6-4-3-5-7-11/h3-7,12H,8-10H2,1-2H3. The predicted molar refractivity (Wildman–Crippen MR) is 59.2 cm³/mol. The van der Waals surface area contributed by atoms with E-state index in [9.17, 15) is 0 Å². The van der Waals surface area contributed by atoms with Crippen LogP contribution in [0.3, 0.4) is 0 Å². The van der Waals surface area contributed by atoms with Crippen molar-refractivity contribution in [2.24, 2.45) is 0 Å². The van der Waals surface area contributed by atoms with Gasteiger partial charge in [-0.2, -0.15) is 0 Å². The molecule has 1 aliphatic heterocycles. The van der Waals surface area contributed by atoms with Gasteiger partial charge in [-0.25, -0.2) is 0 Å². The van der Waals surface area contributed by atoms with Crippen molar-refractivity contribution in [3.63, 3.8) is 0 Å². The predicted octanol–water partition coefficient (Wildman–Crippen LogP) is 1.43. The third kappa shape index (κ3) is 2.14. The van der Waals surface area contributed by atoms with Gasteiger partial charge >= 0.3 is 0 Å². The molecule has 2 nitrogen and oxygen atoms in total. The van der Waals surface area contributed by atoms with Crippen LogP contribution in [0.1, 0.15) is 5.56 Å². The average Bonchev–Trinajstić information content (AvgIpc) is 2.14. The fourth-order valence-electron chi connectivity index (χ4n) is 1.95. The summed E-state index contributed by atoms with van der Waals surface area (Å²) in [7, 11) is 4.39. The topological polar surface area (TPSA) is 6.48 Å². The maximum Gasteiger partial charge on any atom is 0.0350 e. The molecule has 0 spiro atoms. The number of nitrogens with zero attached hydrogens (tertiary/aromatic N) is 2. The number of likely N-dealkylation sites (tertiary alicyclic amines) is 1. The summed E-state index contributed by atoms with van der Waals surface area (Å²) in [6, 6.07) is 11.4. The van der Waals surface area contributed by atoms with E-state index >= 15 is 0 Å². The van der Waals surface area contributed by atoms with Crippen LogP contribution in [0.25, 0.3) is 0 Å². The van der Waals surface area contributed by atoms with Crippen LogP contribution in [0.2, 0.25) is 0 Å². The minimum absolute atomic E-state index is 0.750. The Morgan fingerprint density at radius 2 is 1.93 bits per heavy atom. The quantitative estimate of drug-likeness (QED) is 0.711. The van der Waals surface area contributed by atoms with E-state index in [1.54, 1.807) is 0 Å². The maximum atomic E-state index is 2.44. The van der Waals surface area contributed by atoms with Gasteiger partial charge in [0.25, 0.3) is 0 Å². The molecule has 0 N–H and O–H groups in total. The smallest absolute Gasteiger partial charge is 0.0350 e. The zero-order valence-electron chi connectivity index (χ0n) is 8.98. The zero-order valence-corrected chi connectivity index (χ0v) is 8.98. The minimum Gasteiger partial charge on any atom is -0.303 e. The Bertz CT molecular complexity index is 278. The molecule has 1 aromatic carbocycles. The molecule has 0 atom stereocenters. The highest BCUT2D eigenvalue weighted by Crippen LogP contribution is 2.13. The molecular formula is C12H18N2. The van der Waals surface area contributed by atoms with E-state index in [1.165, 1.54) is 18.7 Å². The number of benzene rings is 1. The summed E-state index contributed by atoms with van der Waals surface area (Å²) >= 11 is 0. The zero-order chi connectivity index (χ0) is 9.97. The summed E-state index contributed by atoms with van der Waals surface area (Å²) in [5.74, 6) is 0. The Balaban J connectivity index is 1.86. The molecule has 1 saturated heterocycles. The van der Waals surface area contributed by atoms with Crippen LogP contribution >= 0.6 is 0 Å². The van der Waals surface area contributed by atoms with Crippen molar-refractivity contribution >= 4 is 0 Å². The number of rotatable bonds is 3. The number of hydrogen-bond donors (Lipinski definition) is 0. The highest BCUT2D eigenvalue weighted by molar-refractivity contribution is 5.14. The van der Waals surface area contributed by atoms with Crippen molar-refractivity contribution in [1.29, 1.82) is 0 Å². The summed E-state index contributed by atoms with van der Waals surface area (Å²) < 4.78 is 0. The van der Waals surface area contributed by atoms with Crippen molar-refractivity contribution in [3.8, 4) is 0 Å². The Labute approximate surface area is 86.1 Å². The van der Waals surface area contributed by atoms with E-state index in [4.69, 9.17) is 0 Å². The summed E-state index contributed by atoms with van der Waals surface area (Å²) in [5.41, 5.74) is 1.41. The molecule has 0 aromatic heterocycles. The van der Waals surface area contributed by atoms with Gasteiger partial charge in [-0.05, 0) is 19.7 Å². The lowest BCUT2D eigenvalue weighted by atomic mass is 10.1. The molecule has 1 fully saturated rings. The summed E-state index contributed by atoms with van der Waals surface area (Å²) in [6.45, 7) is 3.49. The molecule has 76 valence electrons. The molecule has 14 heavy (non-hydrogen) atoms. The Hall–Kier alpha value is -0.860. The van der Waals surface area contributed by atoms with Crippen LogP contribution in [0.5, 0.6) is 0 Å². The number of hydrogen-bond acceptors (Lipinski definition) is 2. The van der Waals surface area contributed by atoms with Crippen molar-refractivity contribution < 1.29 is 0 Å². The summed E-state index contributed by atoms with van der Waals surface area (Å²) in [5, 5.41) is 0. The highest BCUT2D eigenvalue weighted by atomic mass is 15.3. The van der Waals surface area contributed by atoms with Gasteiger partial charge in [-0.3, -0.25) is 4.90 Å². The molecule has 1 heterocycles. The van der Waals surface area contributed by atoms with Crippen LogP contribution in [-0.4, -0.2) is 43.0 Å². The third-order valence-corrected chi connectivity index (χ3v) is 2.94. The Morgan fingerprint density at radius 3 is 2.50 bits per heavy atom. The van der Waals surface area contributed by atoms with E-state index in [0.29, 0.717) is 0 Å². The van der Waals surface area contributed by atoms with Crippen molar-refractivity contribution in [2.45, 2.75) is 12.6 Å². The third-order valence-electron chi connectivity index (χ3n) is 2.94. The SMILES string of the molecule is CN1CC(N(C)Cc2ccccc2)C1. The van der Waals surface area contributed by atoms with E-state index < -0.39 is 0 Å². The molecule has 2 heteroatoms. The fraction of sp³-hybridized carbons (Fsp3) is 0.500. The second-order valence-electron chi connectivity index (χ2n) is 4.28. The van der Waals surface area contributed by atoms with E-state index in [0.717, 1.165) is 12.6 Å². The largest absolute Gasteiger partial charge is 0.303 e. The second kappa shape index (κ2) is 4.11. The monoisotopic (exact) mass is 190 g/mol. The second-order valence-corrected chi connectivity index (χ2v) is 4.28. The first-order valence-electron chi connectivity index (χ1n) is 5.18. The van der Waals surface area contributed by atoms with Crippen molar-refractivity contribution in [3.05, 3.63) is 35.9 Å². The van der Waals surface area contributed by atoms with E-state index in [1.807, 2.05) is 0 Å². The fourth-order valence-corrected chi connectivity index (χ4v) is 1.95. The first-order valence-corrected chi connectivity index (χ1v) is 5.18. The molecule has 0 radical (unpaired) electrons. The lowest BCUT2D eigenvalue weighted by Gasteiger charge is -2.42. The highest BCUT2D eigenvalue weighted by Gasteiger charge is 2.26. The first-order chi connectivity index (χ1) is 6.75. The van der Waals surface area contributed by atoms with Crippen molar-refractivity contribution in [2.75, 3.05) is 27.2 Å². The van der Waals surface area contributed by atoms with Gasteiger partial charge < -0.3 is 4.90 Å². The van der Waals surface area contributed by atoms with Gasteiger partial charge in [-0.1, -0.05) is 30.3 Å². The molecule has 1 aliphatic rings. The van der Waals surface area contributed by atoms with Crippen LogP contribution in [0, 0.1) is 0 Å². The number of likely N-dealkylation sites (N-methyl/N-ethyl adjacent to an activating group) is 2. The van der Waals surface area contributed by atoms with Gasteiger partial charge in [0.2, 0.25) is 0 Å². The van der Waals surface area contributed by atoms with E-state index in [2.05, 4.69) is 54.2 Å². The maximum absolute atomic E-state index is 2.44. The molecule has 0 unspecified atom stereocenters. The van der Waals surface area contributed by atoms with Crippen LogP contribution in [0.4, 0.5) is 0 Å². The lowest BCUT2D eigenvalue weighted by molar-refractivity contribution is 0.0659. The molecule has 0 bridgehead atoms. The Kier molecular flexibility index (Phi) is 2.85. The van der Waals surface area contributed by atoms with E-state index in [-0.39, 0.29) is 0 Å². The molecular weight excluding hydrogens is 172 g/mol. The minimum atomic E-state index is 0.750. The van der Waals surface area contributed by atoms with Crippen LogP contribution in [0.15, 0.2) is 30.3 Å².